The van der Waals surface area contributed by atoms with E-state index in [-0.39, 0.29) is 12.5 Å². The molecule has 8 heteroatoms. The highest BCUT2D eigenvalue weighted by Crippen LogP contribution is 2.22. The summed E-state index contributed by atoms with van der Waals surface area (Å²) in [6, 6.07) is -1.20. The van der Waals surface area contributed by atoms with E-state index in [1.54, 1.807) is 13.8 Å². The van der Waals surface area contributed by atoms with Crippen molar-refractivity contribution in [2.24, 2.45) is 0 Å². The van der Waals surface area contributed by atoms with E-state index in [9.17, 15) is 14.4 Å². The van der Waals surface area contributed by atoms with Gasteiger partial charge in [-0.3, -0.25) is 4.79 Å². The van der Waals surface area contributed by atoms with Gasteiger partial charge in [0.15, 0.2) is 0 Å². The molecule has 1 fully saturated rings. The van der Waals surface area contributed by atoms with Crippen molar-refractivity contribution in [2.45, 2.75) is 19.9 Å². The van der Waals surface area contributed by atoms with Crippen LogP contribution in [0.5, 0.6) is 0 Å². The Morgan fingerprint density at radius 3 is 2.63 bits per heavy atom. The van der Waals surface area contributed by atoms with Crippen LogP contribution in [0.2, 0.25) is 0 Å². The predicted molar refractivity (Wildman–Crippen MR) is 71.9 cm³/mol. The summed E-state index contributed by atoms with van der Waals surface area (Å²) in [4.78, 5) is 37.4. The minimum atomic E-state index is -1.01. The fraction of sp³-hybridized carbons (Fsp3) is 0.727. The largest absolute Gasteiger partial charge is 0.480 e. The fourth-order valence-electron chi connectivity index (χ4n) is 1.76. The summed E-state index contributed by atoms with van der Waals surface area (Å²) in [6.07, 6.45) is 0. The van der Waals surface area contributed by atoms with E-state index < -0.39 is 18.0 Å². The van der Waals surface area contributed by atoms with Crippen LogP contribution < -0.4 is 5.32 Å². The van der Waals surface area contributed by atoms with Crippen LogP contribution in [0, 0.1) is 0 Å². The van der Waals surface area contributed by atoms with E-state index in [4.69, 9.17) is 5.11 Å². The lowest BCUT2D eigenvalue weighted by molar-refractivity contribution is -0.140. The van der Waals surface area contributed by atoms with Crippen LogP contribution in [0.15, 0.2) is 0 Å². The average Bonchev–Trinajstić information content (AvgIpc) is 2.84. The van der Waals surface area contributed by atoms with E-state index in [2.05, 4.69) is 5.32 Å². The van der Waals surface area contributed by atoms with Gasteiger partial charge < -0.3 is 20.2 Å². The molecule has 108 valence electrons. The summed E-state index contributed by atoms with van der Waals surface area (Å²) >= 11 is 1.40. The minimum absolute atomic E-state index is 0.0450. The van der Waals surface area contributed by atoms with E-state index in [1.165, 1.54) is 21.6 Å². The maximum Gasteiger partial charge on any atom is 0.327 e. The maximum atomic E-state index is 12.2. The molecule has 3 amide bonds. The zero-order chi connectivity index (χ0) is 14.4. The molecule has 1 rings (SSSR count). The highest BCUT2D eigenvalue weighted by molar-refractivity contribution is 7.99. The van der Waals surface area contributed by atoms with Gasteiger partial charge in [-0.15, -0.1) is 11.8 Å². The Morgan fingerprint density at radius 1 is 1.42 bits per heavy atom. The highest BCUT2D eigenvalue weighted by Gasteiger charge is 2.36. The van der Waals surface area contributed by atoms with Crippen molar-refractivity contribution in [3.05, 3.63) is 0 Å². The molecule has 0 aromatic carbocycles. The van der Waals surface area contributed by atoms with E-state index in [0.717, 1.165) is 0 Å². The van der Waals surface area contributed by atoms with Crippen LogP contribution in [0.4, 0.5) is 4.79 Å². The van der Waals surface area contributed by atoms with Crippen molar-refractivity contribution >= 4 is 29.7 Å². The Hall–Kier alpha value is -1.44. The quantitative estimate of drug-likeness (QED) is 0.745. The molecule has 1 heterocycles. The number of nitrogens with zero attached hydrogens (tertiary/aromatic N) is 2. The molecule has 1 aliphatic heterocycles. The molecule has 1 atom stereocenters. The van der Waals surface area contributed by atoms with Gasteiger partial charge in [0.2, 0.25) is 5.91 Å². The first-order valence-electron chi connectivity index (χ1n) is 6.14. The fourth-order valence-corrected chi connectivity index (χ4v) is 2.90. The summed E-state index contributed by atoms with van der Waals surface area (Å²) in [6.45, 7) is 4.38. The zero-order valence-corrected chi connectivity index (χ0v) is 11.9. The van der Waals surface area contributed by atoms with Gasteiger partial charge in [0.1, 0.15) is 12.6 Å². The number of urea groups is 1. The van der Waals surface area contributed by atoms with Crippen molar-refractivity contribution in [3.8, 4) is 0 Å². The molecule has 1 aliphatic rings. The number of hydrogen-bond acceptors (Lipinski definition) is 4. The second kappa shape index (κ2) is 7.22. The van der Waals surface area contributed by atoms with Gasteiger partial charge in [-0.2, -0.15) is 0 Å². The van der Waals surface area contributed by atoms with Crippen LogP contribution in [0.25, 0.3) is 0 Å². The lowest BCUT2D eigenvalue weighted by Crippen LogP contribution is -2.51. The molecule has 0 bridgehead atoms. The number of carboxylic acid groups (broad SMARTS) is 1. The molecular weight excluding hydrogens is 270 g/mol. The Morgan fingerprint density at radius 2 is 2.11 bits per heavy atom. The van der Waals surface area contributed by atoms with Crippen LogP contribution in [-0.4, -0.2) is 70.1 Å². The number of thioether (sulfide) groups is 1. The van der Waals surface area contributed by atoms with Gasteiger partial charge in [-0.1, -0.05) is 0 Å². The number of hydrogen-bond donors (Lipinski definition) is 2. The van der Waals surface area contributed by atoms with Gasteiger partial charge in [0.25, 0.3) is 0 Å². The molecule has 0 aliphatic carbocycles. The summed E-state index contributed by atoms with van der Waals surface area (Å²) in [5.74, 6) is -0.509. The average molecular weight is 289 g/mol. The normalized spacial score (nSPS) is 18.2. The molecule has 19 heavy (non-hydrogen) atoms. The lowest BCUT2D eigenvalue weighted by atomic mass is 10.3. The SMILES string of the molecule is CCNC(=O)CN(CC)C(=O)N1CSCC1C(=O)O. The maximum absolute atomic E-state index is 12.2. The number of carboxylic acids is 1. The van der Waals surface area contributed by atoms with Crippen molar-refractivity contribution in [3.63, 3.8) is 0 Å². The molecule has 1 saturated heterocycles. The summed E-state index contributed by atoms with van der Waals surface area (Å²) < 4.78 is 0. The van der Waals surface area contributed by atoms with Crippen LogP contribution in [-0.2, 0) is 9.59 Å². The van der Waals surface area contributed by atoms with Gasteiger partial charge in [0.05, 0.1) is 5.88 Å². The topological polar surface area (TPSA) is 90.0 Å². The molecule has 0 aromatic rings. The molecule has 0 spiro atoms. The van der Waals surface area contributed by atoms with Gasteiger partial charge >= 0.3 is 12.0 Å². The third-order valence-corrected chi connectivity index (χ3v) is 3.79. The number of amides is 3. The second-order valence-electron chi connectivity index (χ2n) is 4.07. The Kier molecular flexibility index (Phi) is 5.94. The van der Waals surface area contributed by atoms with E-state index in [1.807, 2.05) is 0 Å². The molecule has 7 nitrogen and oxygen atoms in total. The summed E-state index contributed by atoms with van der Waals surface area (Å²) in [5.41, 5.74) is 0. The smallest absolute Gasteiger partial charge is 0.327 e. The molecule has 0 radical (unpaired) electrons. The number of likely N-dealkylation sites (N-methyl/N-ethyl adjacent to an activating group) is 2. The number of aliphatic carboxylic acids is 1. The van der Waals surface area contributed by atoms with Crippen LogP contribution in [0.1, 0.15) is 13.8 Å². The van der Waals surface area contributed by atoms with Crippen molar-refractivity contribution < 1.29 is 19.5 Å². The molecular formula is C11H19N3O4S. The van der Waals surface area contributed by atoms with Crippen molar-refractivity contribution in [2.75, 3.05) is 31.3 Å². The monoisotopic (exact) mass is 289 g/mol. The number of carbonyl (C=O) groups excluding carboxylic acids is 2. The summed E-state index contributed by atoms with van der Waals surface area (Å²) in [7, 11) is 0. The van der Waals surface area contributed by atoms with E-state index >= 15 is 0 Å². The van der Waals surface area contributed by atoms with Crippen molar-refractivity contribution in [1.82, 2.24) is 15.1 Å². The van der Waals surface area contributed by atoms with Gasteiger partial charge in [0, 0.05) is 18.8 Å². The Labute approximate surface area is 116 Å². The van der Waals surface area contributed by atoms with E-state index in [0.29, 0.717) is 24.7 Å². The minimum Gasteiger partial charge on any atom is -0.480 e. The second-order valence-corrected chi connectivity index (χ2v) is 5.07. The Bertz CT molecular complexity index is 364. The first kappa shape index (κ1) is 15.6. The predicted octanol–water partition coefficient (Wildman–Crippen LogP) is 0.0239. The molecule has 2 N–H and O–H groups in total. The van der Waals surface area contributed by atoms with Gasteiger partial charge in [-0.25, -0.2) is 9.59 Å². The Balaban J connectivity index is 2.67. The van der Waals surface area contributed by atoms with Crippen LogP contribution in [0.3, 0.4) is 0 Å². The third-order valence-electron chi connectivity index (χ3n) is 2.77. The molecule has 0 saturated carbocycles. The number of carbonyl (C=O) groups is 3. The summed E-state index contributed by atoms with van der Waals surface area (Å²) in [5, 5.41) is 11.7. The highest BCUT2D eigenvalue weighted by atomic mass is 32.2. The number of nitrogens with one attached hydrogen (secondary N) is 1. The zero-order valence-electron chi connectivity index (χ0n) is 11.1. The molecule has 1 unspecified atom stereocenters. The molecule has 0 aromatic heterocycles. The van der Waals surface area contributed by atoms with Crippen molar-refractivity contribution in [1.29, 1.82) is 0 Å². The standard InChI is InChI=1S/C11H19N3O4S/c1-3-12-9(15)5-13(4-2)11(18)14-7-19-6-8(14)10(16)17/h8H,3-7H2,1-2H3,(H,12,15)(H,16,17). The third kappa shape index (κ3) is 4.02. The number of rotatable bonds is 5. The first-order chi connectivity index (χ1) is 9.01. The first-order valence-corrected chi connectivity index (χ1v) is 7.29. The van der Waals surface area contributed by atoms with Gasteiger partial charge in [-0.05, 0) is 13.8 Å². The lowest BCUT2D eigenvalue weighted by Gasteiger charge is -2.28. The van der Waals surface area contributed by atoms with Crippen LogP contribution >= 0.6 is 11.8 Å².